The monoisotopic (exact) mass is 382 g/mol. The first kappa shape index (κ1) is 18.3. The number of benzene rings is 2. The summed E-state index contributed by atoms with van der Waals surface area (Å²) in [5.74, 6) is -0.817. The molecule has 2 N–H and O–H groups in total. The van der Waals surface area contributed by atoms with Gasteiger partial charge in [0.05, 0.1) is 29.1 Å². The summed E-state index contributed by atoms with van der Waals surface area (Å²) in [7, 11) is 1.28. The van der Waals surface area contributed by atoms with E-state index in [1.807, 2.05) is 6.07 Å². The van der Waals surface area contributed by atoms with Crippen molar-refractivity contribution in [2.24, 2.45) is 0 Å². The van der Waals surface area contributed by atoms with E-state index in [4.69, 9.17) is 16.3 Å². The first-order valence-electron chi connectivity index (χ1n) is 7.92. The molecule has 8 heteroatoms. The molecule has 7 nitrogen and oxygen atoms in total. The van der Waals surface area contributed by atoms with Crippen LogP contribution in [-0.2, 0) is 4.74 Å². The van der Waals surface area contributed by atoms with Gasteiger partial charge in [-0.25, -0.2) is 14.8 Å². The SMILES string of the molecule is COC(=O)c1ccccc1NC(=O)c1ccnc(Nc2ccccc2Cl)n1. The molecule has 0 atom stereocenters. The Morgan fingerprint density at radius 2 is 1.70 bits per heavy atom. The lowest BCUT2D eigenvalue weighted by Crippen LogP contribution is -2.17. The van der Waals surface area contributed by atoms with Crippen molar-refractivity contribution in [3.63, 3.8) is 0 Å². The van der Waals surface area contributed by atoms with Gasteiger partial charge < -0.3 is 15.4 Å². The maximum atomic E-state index is 12.5. The Balaban J connectivity index is 1.81. The fraction of sp³-hybridized carbons (Fsp3) is 0.0526. The zero-order valence-corrected chi connectivity index (χ0v) is 15.0. The number of aromatic nitrogens is 2. The van der Waals surface area contributed by atoms with Crippen LogP contribution in [0.2, 0.25) is 5.02 Å². The average molecular weight is 383 g/mol. The van der Waals surface area contributed by atoms with Gasteiger partial charge in [-0.05, 0) is 30.3 Å². The zero-order valence-electron chi connectivity index (χ0n) is 14.3. The van der Waals surface area contributed by atoms with E-state index in [1.165, 1.54) is 19.4 Å². The third-order valence-corrected chi connectivity index (χ3v) is 3.92. The van der Waals surface area contributed by atoms with Gasteiger partial charge in [-0.2, -0.15) is 0 Å². The van der Waals surface area contributed by atoms with Crippen LogP contribution in [0.3, 0.4) is 0 Å². The fourth-order valence-corrected chi connectivity index (χ4v) is 2.48. The quantitative estimate of drug-likeness (QED) is 0.650. The number of nitrogens with zero attached hydrogens (tertiary/aromatic N) is 2. The van der Waals surface area contributed by atoms with Crippen LogP contribution in [0.5, 0.6) is 0 Å². The predicted octanol–water partition coefficient (Wildman–Crippen LogP) is 3.91. The zero-order chi connectivity index (χ0) is 19.2. The van der Waals surface area contributed by atoms with Gasteiger partial charge in [0.2, 0.25) is 5.95 Å². The van der Waals surface area contributed by atoms with Gasteiger partial charge in [-0.3, -0.25) is 4.79 Å². The van der Waals surface area contributed by atoms with Crippen LogP contribution in [0.15, 0.2) is 60.8 Å². The molecule has 1 heterocycles. The Morgan fingerprint density at radius 3 is 2.44 bits per heavy atom. The smallest absolute Gasteiger partial charge is 0.339 e. The molecule has 0 radical (unpaired) electrons. The molecule has 1 aromatic heterocycles. The van der Waals surface area contributed by atoms with Gasteiger partial charge in [-0.15, -0.1) is 0 Å². The van der Waals surface area contributed by atoms with Crippen LogP contribution >= 0.6 is 11.6 Å². The number of para-hydroxylation sites is 2. The predicted molar refractivity (Wildman–Crippen MR) is 103 cm³/mol. The highest BCUT2D eigenvalue weighted by Crippen LogP contribution is 2.23. The first-order valence-corrected chi connectivity index (χ1v) is 8.29. The van der Waals surface area contributed by atoms with E-state index in [1.54, 1.807) is 42.5 Å². The molecule has 0 bridgehead atoms. The highest BCUT2D eigenvalue weighted by atomic mass is 35.5. The van der Waals surface area contributed by atoms with Gasteiger partial charge >= 0.3 is 5.97 Å². The van der Waals surface area contributed by atoms with E-state index in [0.717, 1.165) is 0 Å². The molecular formula is C19H15ClN4O3. The van der Waals surface area contributed by atoms with E-state index >= 15 is 0 Å². The third-order valence-electron chi connectivity index (χ3n) is 3.59. The molecule has 0 aliphatic rings. The number of carbonyl (C=O) groups excluding carboxylic acids is 2. The molecule has 3 aromatic rings. The maximum Gasteiger partial charge on any atom is 0.339 e. The van der Waals surface area contributed by atoms with Gasteiger partial charge in [-0.1, -0.05) is 35.9 Å². The van der Waals surface area contributed by atoms with Crippen LogP contribution in [0, 0.1) is 0 Å². The number of anilines is 3. The van der Waals surface area contributed by atoms with Crippen LogP contribution in [0.25, 0.3) is 0 Å². The minimum absolute atomic E-state index is 0.124. The van der Waals surface area contributed by atoms with Crippen molar-refractivity contribution in [2.45, 2.75) is 0 Å². The molecule has 2 aromatic carbocycles. The van der Waals surface area contributed by atoms with E-state index < -0.39 is 11.9 Å². The standard InChI is InChI=1S/C19H15ClN4O3/c1-27-18(26)12-6-2-4-8-14(12)22-17(25)16-10-11-21-19(24-16)23-15-9-5-3-7-13(15)20/h2-11H,1H3,(H,22,25)(H,21,23,24). The van der Waals surface area contributed by atoms with E-state index in [9.17, 15) is 9.59 Å². The number of nitrogens with one attached hydrogen (secondary N) is 2. The van der Waals surface area contributed by atoms with Crippen molar-refractivity contribution in [1.29, 1.82) is 0 Å². The number of ether oxygens (including phenoxy) is 1. The van der Waals surface area contributed by atoms with Crippen molar-refractivity contribution in [3.8, 4) is 0 Å². The van der Waals surface area contributed by atoms with Crippen molar-refractivity contribution < 1.29 is 14.3 Å². The lowest BCUT2D eigenvalue weighted by atomic mass is 10.1. The Bertz CT molecular complexity index is 994. The second-order valence-electron chi connectivity index (χ2n) is 5.36. The summed E-state index contributed by atoms with van der Waals surface area (Å²) in [6.07, 6.45) is 1.45. The molecular weight excluding hydrogens is 368 g/mol. The molecule has 136 valence electrons. The molecule has 0 saturated heterocycles. The fourth-order valence-electron chi connectivity index (χ4n) is 2.29. The Morgan fingerprint density at radius 1 is 1.00 bits per heavy atom. The molecule has 0 spiro atoms. The van der Waals surface area contributed by atoms with Gasteiger partial charge in [0.1, 0.15) is 5.69 Å². The van der Waals surface area contributed by atoms with Crippen LogP contribution < -0.4 is 10.6 Å². The van der Waals surface area contributed by atoms with Gasteiger partial charge in [0.15, 0.2) is 0 Å². The van der Waals surface area contributed by atoms with Crippen molar-refractivity contribution in [1.82, 2.24) is 9.97 Å². The summed E-state index contributed by atoms with van der Waals surface area (Å²) >= 11 is 6.10. The van der Waals surface area contributed by atoms with Crippen LogP contribution in [0.4, 0.5) is 17.3 Å². The van der Waals surface area contributed by atoms with Crippen molar-refractivity contribution in [3.05, 3.63) is 77.1 Å². The molecule has 0 saturated carbocycles. The molecule has 1 amide bonds. The second kappa shape index (κ2) is 8.29. The minimum Gasteiger partial charge on any atom is -0.465 e. The number of methoxy groups -OCH3 is 1. The third kappa shape index (κ3) is 4.39. The largest absolute Gasteiger partial charge is 0.465 e. The van der Waals surface area contributed by atoms with Gasteiger partial charge in [0.25, 0.3) is 5.91 Å². The van der Waals surface area contributed by atoms with Crippen LogP contribution in [-0.4, -0.2) is 29.0 Å². The Labute approximate surface area is 160 Å². The van der Waals surface area contributed by atoms with Crippen molar-refractivity contribution in [2.75, 3.05) is 17.7 Å². The van der Waals surface area contributed by atoms with Crippen LogP contribution in [0.1, 0.15) is 20.8 Å². The van der Waals surface area contributed by atoms with Crippen molar-refractivity contribution >= 4 is 40.8 Å². The summed E-state index contributed by atoms with van der Waals surface area (Å²) in [4.78, 5) is 32.6. The number of halogens is 1. The first-order chi connectivity index (χ1) is 13.1. The molecule has 27 heavy (non-hydrogen) atoms. The summed E-state index contributed by atoms with van der Waals surface area (Å²) in [5, 5.41) is 6.13. The van der Waals surface area contributed by atoms with E-state index in [-0.39, 0.29) is 17.2 Å². The van der Waals surface area contributed by atoms with E-state index in [2.05, 4.69) is 20.6 Å². The number of rotatable bonds is 5. The number of hydrogen-bond donors (Lipinski definition) is 2. The highest BCUT2D eigenvalue weighted by Gasteiger charge is 2.15. The number of amides is 1. The van der Waals surface area contributed by atoms with Gasteiger partial charge in [0, 0.05) is 6.20 Å². The molecule has 3 rings (SSSR count). The summed E-state index contributed by atoms with van der Waals surface area (Å²) in [6.45, 7) is 0. The topological polar surface area (TPSA) is 93.2 Å². The number of hydrogen-bond acceptors (Lipinski definition) is 6. The maximum absolute atomic E-state index is 12.5. The lowest BCUT2D eigenvalue weighted by molar-refractivity contribution is 0.0602. The summed E-state index contributed by atoms with van der Waals surface area (Å²) in [6, 6.07) is 15.1. The number of esters is 1. The average Bonchev–Trinajstić information content (AvgIpc) is 2.70. The summed E-state index contributed by atoms with van der Waals surface area (Å²) in [5.41, 5.74) is 1.32. The molecule has 0 fully saturated rings. The normalized spacial score (nSPS) is 10.1. The highest BCUT2D eigenvalue weighted by molar-refractivity contribution is 6.33. The Kier molecular flexibility index (Phi) is 5.63. The Hall–Kier alpha value is -3.45. The molecule has 0 aliphatic heterocycles. The van der Waals surface area contributed by atoms with E-state index in [0.29, 0.717) is 16.4 Å². The summed E-state index contributed by atoms with van der Waals surface area (Å²) < 4.78 is 4.72. The molecule has 0 aliphatic carbocycles. The lowest BCUT2D eigenvalue weighted by Gasteiger charge is -2.10. The number of carbonyl (C=O) groups is 2. The second-order valence-corrected chi connectivity index (χ2v) is 5.77. The molecule has 0 unspecified atom stereocenters. The minimum atomic E-state index is -0.547.